The lowest BCUT2D eigenvalue weighted by molar-refractivity contribution is -0.137. The van der Waals surface area contributed by atoms with Crippen LogP contribution in [0.15, 0.2) is 12.3 Å². The molecule has 1 saturated heterocycles. The predicted octanol–water partition coefficient (Wildman–Crippen LogP) is 2.09. The van der Waals surface area contributed by atoms with Crippen LogP contribution in [-0.4, -0.2) is 48.4 Å². The maximum absolute atomic E-state index is 11.8. The third-order valence-corrected chi connectivity index (χ3v) is 2.56. The SMILES string of the molecule is CCOC(=O)C=COC1CCN(C(=O)OC(C)(C)C)C1. The second-order valence-corrected chi connectivity index (χ2v) is 5.53. The number of ether oxygens (including phenoxy) is 3. The smallest absolute Gasteiger partial charge is 0.410 e. The van der Waals surface area contributed by atoms with Crippen LogP contribution in [0, 0.1) is 0 Å². The standard InChI is InChI=1S/C14H23NO5/c1-5-18-12(16)7-9-19-11-6-8-15(10-11)13(17)20-14(2,3)4/h7,9,11H,5-6,8,10H2,1-4H3. The Morgan fingerprint density at radius 1 is 1.35 bits per heavy atom. The van der Waals surface area contributed by atoms with Gasteiger partial charge in [-0.25, -0.2) is 9.59 Å². The van der Waals surface area contributed by atoms with Gasteiger partial charge in [0.1, 0.15) is 11.7 Å². The second kappa shape index (κ2) is 7.17. The van der Waals surface area contributed by atoms with Crippen molar-refractivity contribution < 1.29 is 23.8 Å². The van der Waals surface area contributed by atoms with E-state index in [1.54, 1.807) is 11.8 Å². The molecule has 0 aromatic heterocycles. The molecule has 6 nitrogen and oxygen atoms in total. The zero-order valence-electron chi connectivity index (χ0n) is 12.5. The summed E-state index contributed by atoms with van der Waals surface area (Å²) in [4.78, 5) is 24.5. The van der Waals surface area contributed by atoms with Gasteiger partial charge in [0.15, 0.2) is 0 Å². The van der Waals surface area contributed by atoms with Crippen LogP contribution in [0.5, 0.6) is 0 Å². The molecule has 1 aliphatic rings. The van der Waals surface area contributed by atoms with E-state index in [0.29, 0.717) is 26.1 Å². The van der Waals surface area contributed by atoms with Crippen molar-refractivity contribution in [2.24, 2.45) is 0 Å². The molecular weight excluding hydrogens is 262 g/mol. The number of carbonyl (C=O) groups is 2. The summed E-state index contributed by atoms with van der Waals surface area (Å²) in [5.41, 5.74) is -0.500. The number of likely N-dealkylation sites (tertiary alicyclic amines) is 1. The summed E-state index contributed by atoms with van der Waals surface area (Å²) in [6.07, 6.45) is 2.82. The van der Waals surface area contributed by atoms with Gasteiger partial charge in [0.2, 0.25) is 0 Å². The van der Waals surface area contributed by atoms with Crippen molar-refractivity contribution in [2.75, 3.05) is 19.7 Å². The highest BCUT2D eigenvalue weighted by Gasteiger charge is 2.30. The number of nitrogens with zero attached hydrogens (tertiary/aromatic N) is 1. The first-order valence-corrected chi connectivity index (χ1v) is 6.78. The molecule has 1 aliphatic heterocycles. The Labute approximate surface area is 119 Å². The van der Waals surface area contributed by atoms with Crippen molar-refractivity contribution in [1.82, 2.24) is 4.90 Å². The second-order valence-electron chi connectivity index (χ2n) is 5.53. The molecule has 0 N–H and O–H groups in total. The minimum Gasteiger partial charge on any atom is -0.496 e. The van der Waals surface area contributed by atoms with Crippen molar-refractivity contribution in [2.45, 2.75) is 45.8 Å². The van der Waals surface area contributed by atoms with Gasteiger partial charge < -0.3 is 19.1 Å². The van der Waals surface area contributed by atoms with E-state index >= 15 is 0 Å². The highest BCUT2D eigenvalue weighted by Crippen LogP contribution is 2.17. The molecule has 1 atom stereocenters. The van der Waals surface area contributed by atoms with E-state index in [0.717, 1.165) is 0 Å². The minimum atomic E-state index is -0.500. The van der Waals surface area contributed by atoms with Gasteiger partial charge in [-0.2, -0.15) is 0 Å². The fourth-order valence-corrected chi connectivity index (χ4v) is 1.73. The van der Waals surface area contributed by atoms with Gasteiger partial charge in [-0.3, -0.25) is 0 Å². The van der Waals surface area contributed by atoms with E-state index in [2.05, 4.69) is 0 Å². The summed E-state index contributed by atoms with van der Waals surface area (Å²) < 4.78 is 15.4. The third kappa shape index (κ3) is 5.95. The van der Waals surface area contributed by atoms with Gasteiger partial charge in [0.05, 0.1) is 25.5 Å². The Morgan fingerprint density at radius 3 is 2.65 bits per heavy atom. The first-order chi connectivity index (χ1) is 9.31. The number of rotatable bonds is 4. The Bertz CT molecular complexity index is 372. The molecule has 0 bridgehead atoms. The van der Waals surface area contributed by atoms with Crippen LogP contribution < -0.4 is 0 Å². The summed E-state index contributed by atoms with van der Waals surface area (Å²) in [5.74, 6) is -0.436. The molecule has 0 saturated carbocycles. The minimum absolute atomic E-state index is 0.117. The normalized spacial score (nSPS) is 19.2. The average molecular weight is 285 g/mol. The summed E-state index contributed by atoms with van der Waals surface area (Å²) in [5, 5.41) is 0. The van der Waals surface area contributed by atoms with Crippen LogP contribution in [0.1, 0.15) is 34.1 Å². The summed E-state index contributed by atoms with van der Waals surface area (Å²) in [7, 11) is 0. The van der Waals surface area contributed by atoms with E-state index < -0.39 is 11.6 Å². The molecule has 0 aromatic rings. The molecule has 1 heterocycles. The number of hydrogen-bond donors (Lipinski definition) is 0. The quantitative estimate of drug-likeness (QED) is 0.449. The molecule has 1 amide bonds. The Balaban J connectivity index is 2.33. The molecule has 1 unspecified atom stereocenters. The molecule has 0 aliphatic carbocycles. The number of esters is 1. The van der Waals surface area contributed by atoms with Gasteiger partial charge in [-0.15, -0.1) is 0 Å². The Kier molecular flexibility index (Phi) is 5.85. The summed E-state index contributed by atoms with van der Waals surface area (Å²) >= 11 is 0. The van der Waals surface area contributed by atoms with Crippen LogP contribution in [0.3, 0.4) is 0 Å². The lowest BCUT2D eigenvalue weighted by Gasteiger charge is -2.24. The maximum Gasteiger partial charge on any atom is 0.410 e. The fourth-order valence-electron chi connectivity index (χ4n) is 1.73. The van der Waals surface area contributed by atoms with Crippen LogP contribution in [-0.2, 0) is 19.0 Å². The van der Waals surface area contributed by atoms with Crippen LogP contribution in [0.4, 0.5) is 4.79 Å². The monoisotopic (exact) mass is 285 g/mol. The summed E-state index contributed by atoms with van der Waals surface area (Å²) in [6.45, 7) is 8.61. The Morgan fingerprint density at radius 2 is 2.05 bits per heavy atom. The molecule has 114 valence electrons. The Hall–Kier alpha value is -1.72. The van der Waals surface area contributed by atoms with Gasteiger partial charge >= 0.3 is 12.1 Å². The first kappa shape index (κ1) is 16.3. The van der Waals surface area contributed by atoms with Gasteiger partial charge in [-0.05, 0) is 27.7 Å². The van der Waals surface area contributed by atoms with E-state index in [1.807, 2.05) is 20.8 Å². The lowest BCUT2D eigenvalue weighted by Crippen LogP contribution is -2.35. The topological polar surface area (TPSA) is 65.1 Å². The third-order valence-electron chi connectivity index (χ3n) is 2.56. The highest BCUT2D eigenvalue weighted by molar-refractivity contribution is 5.81. The number of amides is 1. The zero-order valence-corrected chi connectivity index (χ0v) is 12.5. The summed E-state index contributed by atoms with van der Waals surface area (Å²) in [6, 6.07) is 0. The molecule has 6 heteroatoms. The molecule has 1 rings (SSSR count). The van der Waals surface area contributed by atoms with Crippen LogP contribution in [0.2, 0.25) is 0 Å². The van der Waals surface area contributed by atoms with Crippen LogP contribution >= 0.6 is 0 Å². The van der Waals surface area contributed by atoms with Gasteiger partial charge in [0, 0.05) is 13.0 Å². The molecule has 0 aromatic carbocycles. The molecule has 1 fully saturated rings. The molecule has 0 radical (unpaired) electrons. The lowest BCUT2D eigenvalue weighted by atomic mass is 10.2. The van der Waals surface area contributed by atoms with Crippen molar-refractivity contribution in [3.8, 4) is 0 Å². The molecule has 0 spiro atoms. The number of carbonyl (C=O) groups excluding carboxylic acids is 2. The first-order valence-electron chi connectivity index (χ1n) is 6.78. The molecule has 20 heavy (non-hydrogen) atoms. The number of hydrogen-bond acceptors (Lipinski definition) is 5. The molecular formula is C14H23NO5. The zero-order chi connectivity index (χ0) is 15.2. The predicted molar refractivity (Wildman–Crippen MR) is 73.1 cm³/mol. The van der Waals surface area contributed by atoms with Crippen molar-refractivity contribution in [3.63, 3.8) is 0 Å². The van der Waals surface area contributed by atoms with Crippen molar-refractivity contribution in [3.05, 3.63) is 12.3 Å². The van der Waals surface area contributed by atoms with Gasteiger partial charge in [-0.1, -0.05) is 0 Å². The van der Waals surface area contributed by atoms with E-state index in [-0.39, 0.29) is 12.2 Å². The van der Waals surface area contributed by atoms with E-state index in [9.17, 15) is 9.59 Å². The van der Waals surface area contributed by atoms with Crippen molar-refractivity contribution in [1.29, 1.82) is 0 Å². The maximum atomic E-state index is 11.8. The van der Waals surface area contributed by atoms with Crippen molar-refractivity contribution >= 4 is 12.1 Å². The fraction of sp³-hybridized carbons (Fsp3) is 0.714. The van der Waals surface area contributed by atoms with Gasteiger partial charge in [0.25, 0.3) is 0 Å². The van der Waals surface area contributed by atoms with E-state index in [4.69, 9.17) is 14.2 Å². The van der Waals surface area contributed by atoms with E-state index in [1.165, 1.54) is 12.3 Å². The van der Waals surface area contributed by atoms with Crippen LogP contribution in [0.25, 0.3) is 0 Å². The largest absolute Gasteiger partial charge is 0.496 e. The highest BCUT2D eigenvalue weighted by atomic mass is 16.6. The average Bonchev–Trinajstić information content (AvgIpc) is 2.76.